The van der Waals surface area contributed by atoms with Gasteiger partial charge in [0, 0.05) is 18.3 Å². The fourth-order valence-electron chi connectivity index (χ4n) is 1.34. The first-order chi connectivity index (χ1) is 6.88. The molecule has 5 heteroatoms. The van der Waals surface area contributed by atoms with Gasteiger partial charge in [-0.3, -0.25) is 4.68 Å². The number of aliphatic hydroxyl groups is 1. The Hall–Kier alpha value is -0.910. The second-order valence-electron chi connectivity index (χ2n) is 3.45. The fraction of sp³-hybridized carbons (Fsp3) is 0.667. The van der Waals surface area contributed by atoms with E-state index >= 15 is 0 Å². The number of hydrogen-bond acceptors (Lipinski definition) is 4. The number of rotatable bonds is 5. The molecule has 14 heavy (non-hydrogen) atoms. The van der Waals surface area contributed by atoms with E-state index in [4.69, 9.17) is 9.84 Å². The monoisotopic (exact) mass is 197 g/mol. The highest BCUT2D eigenvalue weighted by molar-refractivity contribution is 5.03. The van der Waals surface area contributed by atoms with E-state index in [1.165, 1.54) is 0 Å². The Labute approximate surface area is 82.7 Å². The largest absolute Gasteiger partial charge is 0.394 e. The summed E-state index contributed by atoms with van der Waals surface area (Å²) in [6.45, 7) is 3.13. The van der Waals surface area contributed by atoms with Crippen LogP contribution in [0, 0.1) is 0 Å². The van der Waals surface area contributed by atoms with Crippen molar-refractivity contribution in [1.29, 1.82) is 0 Å². The first kappa shape index (κ1) is 9.64. The molecule has 1 fully saturated rings. The maximum absolute atomic E-state index is 8.70. The molecule has 2 heterocycles. The second-order valence-corrected chi connectivity index (χ2v) is 3.45. The third-order valence-electron chi connectivity index (χ3n) is 2.25. The molecule has 0 aliphatic carbocycles. The maximum Gasteiger partial charge on any atom is 0.0643 e. The Morgan fingerprint density at radius 3 is 3.14 bits per heavy atom. The summed E-state index contributed by atoms with van der Waals surface area (Å²) in [5.41, 5.74) is 1.14. The van der Waals surface area contributed by atoms with E-state index in [-0.39, 0.29) is 6.61 Å². The van der Waals surface area contributed by atoms with E-state index < -0.39 is 0 Å². The van der Waals surface area contributed by atoms with Crippen LogP contribution in [0.15, 0.2) is 12.4 Å². The molecule has 5 nitrogen and oxygen atoms in total. The lowest BCUT2D eigenvalue weighted by Gasteiger charge is -2.26. The molecule has 1 aromatic rings. The van der Waals surface area contributed by atoms with Gasteiger partial charge in [0.15, 0.2) is 0 Å². The van der Waals surface area contributed by atoms with E-state index in [0.717, 1.165) is 25.3 Å². The minimum atomic E-state index is 0.130. The lowest BCUT2D eigenvalue weighted by Crippen LogP contribution is -2.45. The Morgan fingerprint density at radius 1 is 1.64 bits per heavy atom. The first-order valence-electron chi connectivity index (χ1n) is 4.82. The molecule has 1 aliphatic heterocycles. The number of aliphatic hydroxyl groups excluding tert-OH is 1. The summed E-state index contributed by atoms with van der Waals surface area (Å²) in [7, 11) is 0. The maximum atomic E-state index is 8.70. The molecule has 0 amide bonds. The van der Waals surface area contributed by atoms with E-state index in [1.54, 1.807) is 4.68 Å². The van der Waals surface area contributed by atoms with Crippen LogP contribution in [0.2, 0.25) is 0 Å². The number of ether oxygens (including phenoxy) is 1. The summed E-state index contributed by atoms with van der Waals surface area (Å²) in [5, 5.41) is 16.2. The SMILES string of the molecule is OCCn1cc(CNC2COC2)cn1. The van der Waals surface area contributed by atoms with Gasteiger partial charge in [-0.25, -0.2) is 0 Å². The lowest BCUT2D eigenvalue weighted by molar-refractivity contribution is -0.00578. The molecular weight excluding hydrogens is 182 g/mol. The van der Waals surface area contributed by atoms with Crippen LogP contribution in [-0.4, -0.2) is 40.7 Å². The molecule has 1 saturated heterocycles. The zero-order valence-electron chi connectivity index (χ0n) is 8.02. The molecule has 0 atom stereocenters. The third kappa shape index (κ3) is 2.31. The van der Waals surface area contributed by atoms with E-state index in [1.807, 2.05) is 12.4 Å². The van der Waals surface area contributed by atoms with Gasteiger partial charge in [0.25, 0.3) is 0 Å². The van der Waals surface area contributed by atoms with Gasteiger partial charge in [0.1, 0.15) is 0 Å². The van der Waals surface area contributed by atoms with Crippen molar-refractivity contribution in [2.24, 2.45) is 0 Å². The Kier molecular flexibility index (Phi) is 3.13. The van der Waals surface area contributed by atoms with Gasteiger partial charge in [-0.15, -0.1) is 0 Å². The van der Waals surface area contributed by atoms with Crippen LogP contribution >= 0.6 is 0 Å². The summed E-state index contributed by atoms with van der Waals surface area (Å²) >= 11 is 0. The highest BCUT2D eigenvalue weighted by Gasteiger charge is 2.17. The summed E-state index contributed by atoms with van der Waals surface area (Å²) < 4.78 is 6.80. The topological polar surface area (TPSA) is 59.3 Å². The van der Waals surface area contributed by atoms with Crippen LogP contribution in [-0.2, 0) is 17.8 Å². The average Bonchev–Trinajstić information content (AvgIpc) is 2.51. The highest BCUT2D eigenvalue weighted by Crippen LogP contribution is 2.02. The van der Waals surface area contributed by atoms with Crippen LogP contribution in [0.4, 0.5) is 0 Å². The Morgan fingerprint density at radius 2 is 2.50 bits per heavy atom. The van der Waals surface area contributed by atoms with E-state index in [0.29, 0.717) is 12.6 Å². The number of nitrogens with one attached hydrogen (secondary N) is 1. The molecule has 0 spiro atoms. The summed E-state index contributed by atoms with van der Waals surface area (Å²) in [4.78, 5) is 0. The second kappa shape index (κ2) is 4.54. The zero-order chi connectivity index (χ0) is 9.80. The van der Waals surface area contributed by atoms with Gasteiger partial charge < -0.3 is 15.2 Å². The molecule has 78 valence electrons. The number of nitrogens with zero attached hydrogens (tertiary/aromatic N) is 2. The van der Waals surface area contributed by atoms with Crippen molar-refractivity contribution in [2.45, 2.75) is 19.1 Å². The van der Waals surface area contributed by atoms with Crippen LogP contribution in [0.5, 0.6) is 0 Å². The molecule has 2 rings (SSSR count). The molecule has 0 saturated carbocycles. The number of aromatic nitrogens is 2. The first-order valence-corrected chi connectivity index (χ1v) is 4.82. The molecule has 1 aromatic heterocycles. The minimum absolute atomic E-state index is 0.130. The van der Waals surface area contributed by atoms with Crippen LogP contribution in [0.1, 0.15) is 5.56 Å². The van der Waals surface area contributed by atoms with Crippen LogP contribution < -0.4 is 5.32 Å². The van der Waals surface area contributed by atoms with Crippen molar-refractivity contribution < 1.29 is 9.84 Å². The van der Waals surface area contributed by atoms with Crippen molar-refractivity contribution in [1.82, 2.24) is 15.1 Å². The molecular formula is C9H15N3O2. The molecule has 0 unspecified atom stereocenters. The molecule has 2 N–H and O–H groups in total. The molecule has 0 bridgehead atoms. The molecule has 1 aliphatic rings. The summed E-state index contributed by atoms with van der Waals surface area (Å²) in [6.07, 6.45) is 3.77. The van der Waals surface area contributed by atoms with Gasteiger partial charge in [0.05, 0.1) is 38.6 Å². The van der Waals surface area contributed by atoms with E-state index in [2.05, 4.69) is 10.4 Å². The smallest absolute Gasteiger partial charge is 0.0643 e. The Balaban J connectivity index is 1.77. The normalized spacial score (nSPS) is 16.9. The molecule has 0 radical (unpaired) electrons. The standard InChI is InChI=1S/C9H15N3O2/c13-2-1-12-5-8(4-11-12)3-10-9-6-14-7-9/h4-5,9-10,13H,1-3,6-7H2. The summed E-state index contributed by atoms with van der Waals surface area (Å²) in [6, 6.07) is 0.496. The van der Waals surface area contributed by atoms with Crippen molar-refractivity contribution in [2.75, 3.05) is 19.8 Å². The predicted molar refractivity (Wildman–Crippen MR) is 50.8 cm³/mol. The van der Waals surface area contributed by atoms with Gasteiger partial charge in [0.2, 0.25) is 0 Å². The average molecular weight is 197 g/mol. The summed E-state index contributed by atoms with van der Waals surface area (Å²) in [5.74, 6) is 0. The van der Waals surface area contributed by atoms with Crippen LogP contribution in [0.25, 0.3) is 0 Å². The predicted octanol–water partition coefficient (Wildman–Crippen LogP) is -0.636. The molecule has 0 aromatic carbocycles. The van der Waals surface area contributed by atoms with Crippen LogP contribution in [0.3, 0.4) is 0 Å². The lowest BCUT2D eigenvalue weighted by atomic mass is 10.2. The van der Waals surface area contributed by atoms with Crippen molar-refractivity contribution >= 4 is 0 Å². The van der Waals surface area contributed by atoms with Gasteiger partial charge >= 0.3 is 0 Å². The fourth-order valence-corrected chi connectivity index (χ4v) is 1.34. The minimum Gasteiger partial charge on any atom is -0.394 e. The van der Waals surface area contributed by atoms with Crippen molar-refractivity contribution in [3.8, 4) is 0 Å². The van der Waals surface area contributed by atoms with E-state index in [9.17, 15) is 0 Å². The van der Waals surface area contributed by atoms with Gasteiger partial charge in [-0.1, -0.05) is 0 Å². The van der Waals surface area contributed by atoms with Crippen molar-refractivity contribution in [3.63, 3.8) is 0 Å². The quantitative estimate of drug-likeness (QED) is 0.659. The van der Waals surface area contributed by atoms with Gasteiger partial charge in [-0.2, -0.15) is 5.10 Å². The number of hydrogen-bond donors (Lipinski definition) is 2. The highest BCUT2D eigenvalue weighted by atomic mass is 16.5. The zero-order valence-corrected chi connectivity index (χ0v) is 8.02. The van der Waals surface area contributed by atoms with Gasteiger partial charge in [-0.05, 0) is 0 Å². The van der Waals surface area contributed by atoms with Crippen molar-refractivity contribution in [3.05, 3.63) is 18.0 Å². The third-order valence-corrected chi connectivity index (χ3v) is 2.25. The Bertz CT molecular complexity index is 283.